The van der Waals surface area contributed by atoms with Crippen LogP contribution in [0.3, 0.4) is 0 Å². The van der Waals surface area contributed by atoms with Gasteiger partial charge in [-0.25, -0.2) is 4.39 Å². The molecule has 0 aliphatic rings. The van der Waals surface area contributed by atoms with Crippen LogP contribution < -0.4 is 0 Å². The Bertz CT molecular complexity index is 1340. The van der Waals surface area contributed by atoms with Crippen LogP contribution in [0.5, 0.6) is 0 Å². The van der Waals surface area contributed by atoms with E-state index in [-0.39, 0.29) is 0 Å². The summed E-state index contributed by atoms with van der Waals surface area (Å²) in [5.41, 5.74) is 0. The van der Waals surface area contributed by atoms with Gasteiger partial charge in [-0.15, -0.1) is 0 Å². The summed E-state index contributed by atoms with van der Waals surface area (Å²) in [7, 11) is -5.87. The lowest BCUT2D eigenvalue weighted by Gasteiger charge is -2.46. The second kappa shape index (κ2) is 11.4. The van der Waals surface area contributed by atoms with Crippen LogP contribution >= 0.6 is 0 Å². The normalized spacial score (nSPS) is 17.2. The predicted molar refractivity (Wildman–Crippen MR) is 91.0 cm³/mol. The number of hydrogen-bond acceptors (Lipinski definition) is 2. The van der Waals surface area contributed by atoms with Gasteiger partial charge >= 0.3 is 77.2 Å². The molecule has 0 saturated carbocycles. The Morgan fingerprint density at radius 1 is 0.396 bits per heavy atom. The third-order valence-corrected chi connectivity index (χ3v) is 6.05. The zero-order valence-corrected chi connectivity index (χ0v) is 21.4. The zero-order valence-electron chi connectivity index (χ0n) is 20.5. The van der Waals surface area contributed by atoms with E-state index in [4.69, 9.17) is 4.55 Å². The van der Waals surface area contributed by atoms with E-state index in [1.54, 1.807) is 0 Å². The van der Waals surface area contributed by atoms with Gasteiger partial charge in [0.15, 0.2) is 5.83 Å². The molecule has 32 heteroatoms. The van der Waals surface area contributed by atoms with E-state index in [1.165, 1.54) is 0 Å². The highest BCUT2D eigenvalue weighted by Gasteiger charge is 3.00. The molecular weight excluding hydrogens is 804 g/mol. The lowest BCUT2D eigenvalue weighted by Crippen LogP contribution is -2.78. The van der Waals surface area contributed by atoms with Crippen molar-refractivity contribution in [2.45, 2.75) is 77.2 Å². The minimum atomic E-state index is -9.93. The van der Waals surface area contributed by atoms with Crippen molar-refractivity contribution < 1.29 is 136 Å². The number of halogens is 28. The molecule has 288 valence electrons. The molecule has 0 aromatic carbocycles. The molecule has 1 N–H and O–H groups in total. The molecule has 0 amide bonds. The van der Waals surface area contributed by atoms with Crippen LogP contribution in [0.25, 0.3) is 0 Å². The monoisotopic (exact) mass is 808 g/mol. The highest BCUT2D eigenvalue weighted by Crippen LogP contribution is 2.68. The molecule has 0 spiro atoms. The summed E-state index contributed by atoms with van der Waals surface area (Å²) in [4.78, 5) is 0. The predicted octanol–water partition coefficient (Wildman–Crippen LogP) is 8.91. The number of alkyl halides is 27. The van der Waals surface area contributed by atoms with E-state index >= 15 is 0 Å². The molecule has 0 aromatic heterocycles. The second-order valence-electron chi connectivity index (χ2n) is 8.69. The van der Waals surface area contributed by atoms with Crippen molar-refractivity contribution in [1.82, 2.24) is 0 Å². The van der Waals surface area contributed by atoms with E-state index in [2.05, 4.69) is 0 Å². The number of hydrogen-bond donors (Lipinski definition) is 1. The van der Waals surface area contributed by atoms with Crippen molar-refractivity contribution in [2.75, 3.05) is 5.75 Å². The molecule has 3 nitrogen and oxygen atoms in total. The zero-order chi connectivity index (χ0) is 40.0. The van der Waals surface area contributed by atoms with Crippen LogP contribution in [-0.2, 0) is 10.1 Å². The van der Waals surface area contributed by atoms with Crippen LogP contribution in [0.15, 0.2) is 11.9 Å². The highest BCUT2D eigenvalue weighted by atomic mass is 32.2. The van der Waals surface area contributed by atoms with E-state index in [0.717, 1.165) is 0 Å². The molecule has 0 fully saturated rings. The van der Waals surface area contributed by atoms with Gasteiger partial charge in [0.2, 0.25) is 0 Å². The minimum Gasteiger partial charge on any atom is -0.285 e. The van der Waals surface area contributed by atoms with Gasteiger partial charge in [0.25, 0.3) is 10.1 Å². The average molecular weight is 808 g/mol. The summed E-state index contributed by atoms with van der Waals surface area (Å²) in [5.74, 6) is -120. The van der Waals surface area contributed by atoms with E-state index in [1.807, 2.05) is 0 Å². The molecule has 48 heavy (non-hydrogen) atoms. The van der Waals surface area contributed by atoms with Gasteiger partial charge in [-0.2, -0.15) is 127 Å². The fourth-order valence-electron chi connectivity index (χ4n) is 2.61. The summed E-state index contributed by atoms with van der Waals surface area (Å²) in [6, 6.07) is 0. The average Bonchev–Trinajstić information content (AvgIpc) is 2.84. The molecule has 0 aliphatic heterocycles. The molecule has 0 aromatic rings. The lowest BCUT2D eigenvalue weighted by atomic mass is 9.84. The first-order chi connectivity index (χ1) is 20.1. The Morgan fingerprint density at radius 2 is 0.583 bits per heavy atom. The molecule has 0 bridgehead atoms. The molecule has 0 unspecified atom stereocenters. The maximum absolute atomic E-state index is 13.7. The quantitative estimate of drug-likeness (QED) is 0.141. The van der Waals surface area contributed by atoms with E-state index in [9.17, 15) is 131 Å². The molecule has 0 heterocycles. The smallest absolute Gasteiger partial charge is 0.285 e. The van der Waals surface area contributed by atoms with Crippen molar-refractivity contribution in [1.29, 1.82) is 0 Å². The summed E-state index contributed by atoms with van der Waals surface area (Å²) >= 11 is 0. The maximum Gasteiger partial charge on any atom is 0.460 e. The fourth-order valence-corrected chi connectivity index (χ4v) is 2.96. The molecule has 0 radical (unpaired) electrons. The largest absolute Gasteiger partial charge is 0.460 e. The van der Waals surface area contributed by atoms with Crippen molar-refractivity contribution in [3.63, 3.8) is 0 Å². The first-order valence-corrected chi connectivity index (χ1v) is 11.7. The standard InChI is InChI=1S/C16H4F28O3S/c17-3(1-2-48(45,46)47)4(18,19)5(20,21)6(22,23)7(24,25)8(26,27)9(28,29)10(30,31)11(32,33)12(34,35)13(36,37)14(38,39)15(40,41)16(42,43)44/h1H,2H2,(H,45,46,47). The molecule has 0 rings (SSSR count). The molecule has 0 aliphatic carbocycles. The summed E-state index contributed by atoms with van der Waals surface area (Å²) in [6.07, 6.45) is -9.97. The van der Waals surface area contributed by atoms with E-state index < -0.39 is 105 Å². The van der Waals surface area contributed by atoms with Gasteiger partial charge in [0, 0.05) is 0 Å². The second-order valence-corrected chi connectivity index (χ2v) is 10.2. The van der Waals surface area contributed by atoms with Gasteiger partial charge in [0.1, 0.15) is 0 Å². The van der Waals surface area contributed by atoms with Crippen LogP contribution in [-0.4, -0.2) is 96.0 Å². The fraction of sp³-hybridized carbons (Fsp3) is 0.875. The lowest BCUT2D eigenvalue weighted by molar-refractivity contribution is -0.484. The topological polar surface area (TPSA) is 54.4 Å². The third kappa shape index (κ3) is 5.75. The van der Waals surface area contributed by atoms with Gasteiger partial charge in [-0.1, -0.05) is 0 Å². The van der Waals surface area contributed by atoms with Crippen molar-refractivity contribution in [2.24, 2.45) is 0 Å². The minimum absolute atomic E-state index is 1.67. The van der Waals surface area contributed by atoms with Gasteiger partial charge in [-0.3, -0.25) is 4.55 Å². The van der Waals surface area contributed by atoms with Gasteiger partial charge in [-0.05, 0) is 6.08 Å². The third-order valence-electron chi connectivity index (χ3n) is 5.47. The molecular formula is C16H4F28O3S. The first-order valence-electron chi connectivity index (χ1n) is 10.0. The van der Waals surface area contributed by atoms with Crippen LogP contribution in [0.1, 0.15) is 0 Å². The van der Waals surface area contributed by atoms with Crippen LogP contribution in [0.2, 0.25) is 0 Å². The highest BCUT2D eigenvalue weighted by molar-refractivity contribution is 7.85. The van der Waals surface area contributed by atoms with Crippen molar-refractivity contribution in [3.8, 4) is 0 Å². The Morgan fingerprint density at radius 3 is 0.771 bits per heavy atom. The first kappa shape index (κ1) is 45.7. The van der Waals surface area contributed by atoms with Crippen LogP contribution in [0.4, 0.5) is 123 Å². The number of allylic oxidation sites excluding steroid dienone is 1. The van der Waals surface area contributed by atoms with Gasteiger partial charge < -0.3 is 0 Å². The van der Waals surface area contributed by atoms with Crippen molar-refractivity contribution in [3.05, 3.63) is 11.9 Å². The van der Waals surface area contributed by atoms with E-state index in [0.29, 0.717) is 0 Å². The van der Waals surface area contributed by atoms with Crippen molar-refractivity contribution >= 4 is 10.1 Å². The molecule has 0 atom stereocenters. The Kier molecular flexibility index (Phi) is 10.8. The number of rotatable bonds is 14. The maximum atomic E-state index is 13.7. The molecule has 0 saturated heterocycles. The Hall–Kier alpha value is -2.31. The SMILES string of the molecule is O=S(=O)(O)CC=C(F)C(F)(F)C(F)(F)C(F)(F)C(F)(F)C(F)(F)C(F)(F)C(F)(F)C(F)(F)C(F)(F)C(F)(F)C(F)(F)C(F)(F)C(F)(F)F. The summed E-state index contributed by atoms with van der Waals surface area (Å²) in [6.45, 7) is 0. The summed E-state index contributed by atoms with van der Waals surface area (Å²) in [5, 5.41) is 0. The summed E-state index contributed by atoms with van der Waals surface area (Å²) < 4.78 is 402. The van der Waals surface area contributed by atoms with Gasteiger partial charge in [0.05, 0.1) is 5.75 Å². The van der Waals surface area contributed by atoms with Crippen LogP contribution in [0, 0.1) is 0 Å². The Labute approximate surface area is 242 Å². The Balaban J connectivity index is 7.51.